The molecule has 2 atom stereocenters. The zero-order valence-electron chi connectivity index (χ0n) is 14.5. The van der Waals surface area contributed by atoms with Crippen molar-refractivity contribution in [2.45, 2.75) is 44.9 Å². The molecule has 0 N–H and O–H groups in total. The van der Waals surface area contributed by atoms with Gasteiger partial charge < -0.3 is 4.74 Å². The third-order valence-corrected chi connectivity index (χ3v) is 5.32. The highest BCUT2D eigenvalue weighted by atomic mass is 32.1. The van der Waals surface area contributed by atoms with Gasteiger partial charge in [-0.3, -0.25) is 4.90 Å². The van der Waals surface area contributed by atoms with Crippen LogP contribution in [0.25, 0.3) is 0 Å². The number of morpholine rings is 1. The van der Waals surface area contributed by atoms with Crippen molar-refractivity contribution in [2.24, 2.45) is 0 Å². The van der Waals surface area contributed by atoms with E-state index in [0.717, 1.165) is 25.2 Å². The fourth-order valence-electron chi connectivity index (χ4n) is 3.38. The van der Waals surface area contributed by atoms with E-state index in [9.17, 15) is 5.26 Å². The van der Waals surface area contributed by atoms with E-state index in [4.69, 9.17) is 4.74 Å². The van der Waals surface area contributed by atoms with Gasteiger partial charge >= 0.3 is 0 Å². The number of hydrogen-bond acceptors (Lipinski definition) is 4. The highest BCUT2D eigenvalue weighted by molar-refractivity contribution is 7.07. The van der Waals surface area contributed by atoms with Crippen molar-refractivity contribution in [1.29, 1.82) is 5.26 Å². The summed E-state index contributed by atoms with van der Waals surface area (Å²) in [6, 6.07) is 12.9. The molecule has 1 fully saturated rings. The molecule has 0 radical (unpaired) electrons. The molecule has 3 rings (SSSR count). The molecule has 3 nitrogen and oxygen atoms in total. The van der Waals surface area contributed by atoms with Crippen molar-refractivity contribution < 1.29 is 4.74 Å². The van der Waals surface area contributed by atoms with E-state index >= 15 is 0 Å². The minimum absolute atomic E-state index is 0.135. The third-order valence-electron chi connectivity index (χ3n) is 4.62. The number of hydrogen-bond donors (Lipinski definition) is 0. The van der Waals surface area contributed by atoms with Gasteiger partial charge in [0.15, 0.2) is 0 Å². The minimum atomic E-state index is -0.471. The summed E-state index contributed by atoms with van der Waals surface area (Å²) < 4.78 is 6.13. The Morgan fingerprint density at radius 3 is 2.79 bits per heavy atom. The van der Waals surface area contributed by atoms with Gasteiger partial charge in [-0.05, 0) is 54.3 Å². The SMILES string of the molecule is C[C@@H]1CN(Cc2ccccc2C(C)(C)C#N)C[C@H](c2ccsc2)O1. The van der Waals surface area contributed by atoms with Gasteiger partial charge in [0.05, 0.1) is 23.7 Å². The van der Waals surface area contributed by atoms with E-state index in [0.29, 0.717) is 0 Å². The van der Waals surface area contributed by atoms with Crippen molar-refractivity contribution in [1.82, 2.24) is 4.90 Å². The first-order valence-electron chi connectivity index (χ1n) is 8.39. The Hall–Kier alpha value is -1.67. The first-order chi connectivity index (χ1) is 11.5. The minimum Gasteiger partial charge on any atom is -0.368 e. The molecule has 0 aliphatic carbocycles. The third kappa shape index (κ3) is 3.70. The van der Waals surface area contributed by atoms with E-state index in [1.807, 2.05) is 19.9 Å². The van der Waals surface area contributed by atoms with Crippen LogP contribution in [0.4, 0.5) is 0 Å². The molecular weight excluding hydrogens is 316 g/mol. The Bertz CT molecular complexity index is 717. The summed E-state index contributed by atoms with van der Waals surface area (Å²) in [6.45, 7) is 8.78. The summed E-state index contributed by atoms with van der Waals surface area (Å²) >= 11 is 1.71. The largest absolute Gasteiger partial charge is 0.368 e. The van der Waals surface area contributed by atoms with Crippen LogP contribution in [0.5, 0.6) is 0 Å². The fraction of sp³-hybridized carbons (Fsp3) is 0.450. The van der Waals surface area contributed by atoms with E-state index < -0.39 is 5.41 Å². The lowest BCUT2D eigenvalue weighted by Crippen LogP contribution is -2.42. The van der Waals surface area contributed by atoms with E-state index in [1.54, 1.807) is 11.3 Å². The number of thiophene rings is 1. The van der Waals surface area contributed by atoms with Crippen LogP contribution in [0.15, 0.2) is 41.1 Å². The standard InChI is InChI=1S/C20H24N2OS/c1-15-10-22(12-19(23-15)17-8-9-24-13-17)11-16-6-4-5-7-18(16)20(2,3)14-21/h4-9,13,15,19H,10-12H2,1-3H3/t15-,19-/m1/s1. The lowest BCUT2D eigenvalue weighted by molar-refractivity contribution is -0.0813. The second kappa shape index (κ2) is 7.06. The lowest BCUT2D eigenvalue weighted by atomic mass is 9.83. The molecule has 1 aliphatic rings. The van der Waals surface area contributed by atoms with Crippen LogP contribution in [-0.4, -0.2) is 24.1 Å². The number of rotatable bonds is 4. The predicted octanol–water partition coefficient (Wildman–Crippen LogP) is 4.51. The molecule has 1 saturated heterocycles. The molecule has 1 aromatic heterocycles. The smallest absolute Gasteiger partial charge is 0.0964 e. The molecule has 24 heavy (non-hydrogen) atoms. The van der Waals surface area contributed by atoms with Gasteiger partial charge in [-0.15, -0.1) is 0 Å². The quantitative estimate of drug-likeness (QED) is 0.821. The number of ether oxygens (including phenoxy) is 1. The monoisotopic (exact) mass is 340 g/mol. The van der Waals surface area contributed by atoms with Crippen molar-refractivity contribution in [3.63, 3.8) is 0 Å². The molecule has 2 heterocycles. The van der Waals surface area contributed by atoms with Crippen LogP contribution in [-0.2, 0) is 16.7 Å². The Balaban J connectivity index is 1.80. The van der Waals surface area contributed by atoms with Crippen LogP contribution in [0, 0.1) is 11.3 Å². The van der Waals surface area contributed by atoms with Gasteiger partial charge in [0, 0.05) is 19.6 Å². The summed E-state index contributed by atoms with van der Waals surface area (Å²) in [5.41, 5.74) is 3.16. The summed E-state index contributed by atoms with van der Waals surface area (Å²) in [6.07, 6.45) is 0.343. The van der Waals surface area contributed by atoms with Crippen LogP contribution >= 0.6 is 11.3 Å². The predicted molar refractivity (Wildman–Crippen MR) is 98.0 cm³/mol. The molecule has 0 spiro atoms. The topological polar surface area (TPSA) is 36.3 Å². The fourth-order valence-corrected chi connectivity index (χ4v) is 4.08. The summed E-state index contributed by atoms with van der Waals surface area (Å²) in [7, 11) is 0. The molecule has 0 unspecified atom stereocenters. The molecule has 1 aromatic carbocycles. The molecule has 0 amide bonds. The summed E-state index contributed by atoms with van der Waals surface area (Å²) in [5, 5.41) is 13.8. The average molecular weight is 340 g/mol. The molecule has 0 saturated carbocycles. The van der Waals surface area contributed by atoms with Crippen molar-refractivity contribution in [3.8, 4) is 6.07 Å². The van der Waals surface area contributed by atoms with Gasteiger partial charge in [-0.2, -0.15) is 16.6 Å². The van der Waals surface area contributed by atoms with Gasteiger partial charge in [-0.25, -0.2) is 0 Å². The number of nitrogens with zero attached hydrogens (tertiary/aromatic N) is 2. The van der Waals surface area contributed by atoms with E-state index in [2.05, 4.69) is 52.9 Å². The molecule has 126 valence electrons. The maximum absolute atomic E-state index is 9.50. The van der Waals surface area contributed by atoms with Crippen LogP contribution in [0.1, 0.15) is 43.6 Å². The first-order valence-corrected chi connectivity index (χ1v) is 9.33. The Morgan fingerprint density at radius 2 is 2.08 bits per heavy atom. The van der Waals surface area contributed by atoms with Crippen molar-refractivity contribution >= 4 is 11.3 Å². The summed E-state index contributed by atoms with van der Waals surface area (Å²) in [5.74, 6) is 0. The molecule has 1 aliphatic heterocycles. The zero-order valence-corrected chi connectivity index (χ0v) is 15.3. The lowest BCUT2D eigenvalue weighted by Gasteiger charge is -2.37. The van der Waals surface area contributed by atoms with Crippen LogP contribution < -0.4 is 0 Å². The maximum Gasteiger partial charge on any atom is 0.0964 e. The highest BCUT2D eigenvalue weighted by Crippen LogP contribution is 2.30. The van der Waals surface area contributed by atoms with Gasteiger partial charge in [0.25, 0.3) is 0 Å². The Kier molecular flexibility index (Phi) is 5.05. The number of benzene rings is 1. The Labute approximate surface area is 148 Å². The maximum atomic E-state index is 9.50. The highest BCUT2D eigenvalue weighted by Gasteiger charge is 2.29. The zero-order chi connectivity index (χ0) is 17.2. The molecular formula is C20H24N2OS. The van der Waals surface area contributed by atoms with Gasteiger partial charge in [0.1, 0.15) is 0 Å². The van der Waals surface area contributed by atoms with Crippen LogP contribution in [0.2, 0.25) is 0 Å². The second-order valence-electron chi connectivity index (χ2n) is 7.08. The number of nitriles is 1. The molecule has 0 bridgehead atoms. The van der Waals surface area contributed by atoms with Crippen LogP contribution in [0.3, 0.4) is 0 Å². The normalized spacial score (nSPS) is 22.2. The Morgan fingerprint density at radius 1 is 1.29 bits per heavy atom. The van der Waals surface area contributed by atoms with E-state index in [1.165, 1.54) is 11.1 Å². The van der Waals surface area contributed by atoms with Crippen molar-refractivity contribution in [3.05, 3.63) is 57.8 Å². The molecule has 2 aromatic rings. The molecule has 4 heteroatoms. The van der Waals surface area contributed by atoms with Gasteiger partial charge in [0.2, 0.25) is 0 Å². The average Bonchev–Trinajstić information content (AvgIpc) is 3.09. The van der Waals surface area contributed by atoms with E-state index in [-0.39, 0.29) is 12.2 Å². The van der Waals surface area contributed by atoms with Crippen molar-refractivity contribution in [2.75, 3.05) is 13.1 Å². The van der Waals surface area contributed by atoms with Gasteiger partial charge in [-0.1, -0.05) is 24.3 Å². The summed E-state index contributed by atoms with van der Waals surface area (Å²) in [4.78, 5) is 2.45. The second-order valence-corrected chi connectivity index (χ2v) is 7.86. The first kappa shape index (κ1) is 17.2.